The number of rotatable bonds is 3. The van der Waals surface area contributed by atoms with Gasteiger partial charge < -0.3 is 10.4 Å². The largest absolute Gasteiger partial charge is 0.397 e. The van der Waals surface area contributed by atoms with Crippen molar-refractivity contribution in [2.75, 3.05) is 11.9 Å². The summed E-state index contributed by atoms with van der Waals surface area (Å²) in [5, 5.41) is 16.2. The van der Waals surface area contributed by atoms with Crippen LogP contribution in [0.1, 0.15) is 31.9 Å². The van der Waals surface area contributed by atoms with Crippen molar-refractivity contribution in [1.29, 1.82) is 0 Å². The number of benzene rings is 1. The lowest BCUT2D eigenvalue weighted by atomic mass is 10.0. The number of hydrogen-bond acceptors (Lipinski definition) is 2. The number of allylic oxidation sites excluding steroid dienone is 1. The monoisotopic (exact) mass is 273 g/mol. The van der Waals surface area contributed by atoms with Gasteiger partial charge in [0.15, 0.2) is 0 Å². The summed E-state index contributed by atoms with van der Waals surface area (Å²) in [5.41, 5.74) is 4.31. The van der Waals surface area contributed by atoms with Gasteiger partial charge in [-0.2, -0.15) is 0 Å². The molecular formula is C16H23NOSi. The molecule has 2 nitrogen and oxygen atoms in total. The molecule has 3 rings (SSSR count). The highest BCUT2D eigenvalue weighted by Crippen LogP contribution is 2.59. The molecule has 0 bridgehead atoms. The van der Waals surface area contributed by atoms with Gasteiger partial charge in [-0.1, -0.05) is 23.9 Å². The summed E-state index contributed by atoms with van der Waals surface area (Å²) in [6.45, 7) is 9.35. The van der Waals surface area contributed by atoms with Crippen LogP contribution >= 0.6 is 0 Å². The van der Waals surface area contributed by atoms with Gasteiger partial charge in [0.1, 0.15) is 8.07 Å². The predicted octanol–water partition coefficient (Wildman–Crippen LogP) is 3.37. The maximum Gasteiger partial charge on any atom is 0.113 e. The number of aliphatic hydroxyl groups is 1. The van der Waals surface area contributed by atoms with Gasteiger partial charge in [-0.15, -0.1) is 0 Å². The van der Waals surface area contributed by atoms with E-state index in [0.717, 1.165) is 12.5 Å². The second-order valence-electron chi connectivity index (χ2n) is 7.05. The zero-order valence-electron chi connectivity index (χ0n) is 12.3. The van der Waals surface area contributed by atoms with Crippen LogP contribution < -0.4 is 5.32 Å². The first kappa shape index (κ1) is 12.9. The minimum absolute atomic E-state index is 0.0856. The van der Waals surface area contributed by atoms with Gasteiger partial charge in [-0.25, -0.2) is 0 Å². The number of nitrogens with one attached hydrogen (secondary N) is 1. The van der Waals surface area contributed by atoms with Crippen LogP contribution in [0.4, 0.5) is 5.69 Å². The average Bonchev–Trinajstić information content (AvgIpc) is 2.70. The lowest BCUT2D eigenvalue weighted by molar-refractivity contribution is 0.317. The Morgan fingerprint density at radius 2 is 2.05 bits per heavy atom. The van der Waals surface area contributed by atoms with Gasteiger partial charge in [0.25, 0.3) is 0 Å². The standard InChI is InChI=1S/C16H23NOSi/c1-16(2,3)17-12-7-5-6-11-10-13-15(14(11)12)19(13,4)9-8-18/h5-7,17-18H,8-10H2,1-4H3. The molecule has 19 heavy (non-hydrogen) atoms. The SMILES string of the molecule is CC(C)(C)Nc1cccc2c1C1=C(C2)[Si]1(C)CCO. The first-order chi connectivity index (χ1) is 8.87. The Kier molecular flexibility index (Phi) is 2.70. The molecule has 1 aromatic carbocycles. The van der Waals surface area contributed by atoms with Crippen molar-refractivity contribution in [2.24, 2.45) is 0 Å². The van der Waals surface area contributed by atoms with Crippen LogP contribution in [0.3, 0.4) is 0 Å². The van der Waals surface area contributed by atoms with Crippen molar-refractivity contribution in [3.8, 4) is 0 Å². The van der Waals surface area contributed by atoms with Gasteiger partial charge in [0.05, 0.1) is 0 Å². The van der Waals surface area contributed by atoms with Gasteiger partial charge in [-0.3, -0.25) is 0 Å². The number of aliphatic hydroxyl groups excluding tert-OH is 1. The third-order valence-electron chi connectivity index (χ3n) is 4.35. The average molecular weight is 273 g/mol. The van der Waals surface area contributed by atoms with Crippen LogP contribution in [0.15, 0.2) is 23.4 Å². The maximum absolute atomic E-state index is 9.29. The van der Waals surface area contributed by atoms with Crippen LogP contribution in [0.5, 0.6) is 0 Å². The summed E-state index contributed by atoms with van der Waals surface area (Å²) in [4.78, 5) is 0. The normalized spacial score (nSPS) is 24.3. The van der Waals surface area contributed by atoms with E-state index in [0.29, 0.717) is 6.61 Å². The van der Waals surface area contributed by atoms with Gasteiger partial charge in [-0.05, 0) is 50.1 Å². The lowest BCUT2D eigenvalue weighted by Gasteiger charge is -2.26. The number of fused-ring (bicyclic) bond motifs is 2. The first-order valence-corrected chi connectivity index (χ1v) is 9.83. The van der Waals surface area contributed by atoms with Gasteiger partial charge >= 0.3 is 0 Å². The van der Waals surface area contributed by atoms with Crippen LogP contribution in [-0.2, 0) is 6.42 Å². The van der Waals surface area contributed by atoms with Crippen molar-refractivity contribution in [3.05, 3.63) is 34.5 Å². The Morgan fingerprint density at radius 1 is 1.32 bits per heavy atom. The highest BCUT2D eigenvalue weighted by Gasteiger charge is 2.55. The third kappa shape index (κ3) is 1.96. The number of anilines is 1. The Morgan fingerprint density at radius 3 is 2.68 bits per heavy atom. The van der Waals surface area contributed by atoms with E-state index in [1.807, 2.05) is 0 Å². The summed E-state index contributed by atoms with van der Waals surface area (Å²) in [6.07, 6.45) is 1.13. The third-order valence-corrected chi connectivity index (χ3v) is 8.73. The molecule has 1 aliphatic carbocycles. The highest BCUT2D eigenvalue weighted by molar-refractivity contribution is 7.14. The molecule has 1 heterocycles. The van der Waals surface area contributed by atoms with E-state index >= 15 is 0 Å². The van der Waals surface area contributed by atoms with Crippen molar-refractivity contribution in [2.45, 2.75) is 45.3 Å². The van der Waals surface area contributed by atoms with Crippen LogP contribution in [0.25, 0.3) is 5.20 Å². The molecule has 1 aromatic rings. The molecule has 2 N–H and O–H groups in total. The molecule has 102 valence electrons. The van der Waals surface area contributed by atoms with Gasteiger partial charge in [0, 0.05) is 23.4 Å². The quantitative estimate of drug-likeness (QED) is 0.828. The molecule has 1 unspecified atom stereocenters. The van der Waals surface area contributed by atoms with Crippen LogP contribution in [0, 0.1) is 0 Å². The Hall–Kier alpha value is -1.06. The summed E-state index contributed by atoms with van der Waals surface area (Å²) in [5.74, 6) is 0. The fourth-order valence-corrected chi connectivity index (χ4v) is 7.68. The smallest absolute Gasteiger partial charge is 0.113 e. The van der Waals surface area contributed by atoms with Crippen molar-refractivity contribution in [3.63, 3.8) is 0 Å². The molecule has 0 spiro atoms. The van der Waals surface area contributed by atoms with E-state index in [1.165, 1.54) is 16.8 Å². The van der Waals surface area contributed by atoms with E-state index in [-0.39, 0.29) is 5.54 Å². The molecule has 3 heteroatoms. The summed E-state index contributed by atoms with van der Waals surface area (Å²) in [7, 11) is -1.37. The van der Waals surface area contributed by atoms with Crippen molar-refractivity contribution in [1.82, 2.24) is 0 Å². The molecule has 1 aliphatic heterocycles. The zero-order chi connectivity index (χ0) is 13.8. The fraction of sp³-hybridized carbons (Fsp3) is 0.500. The molecule has 0 saturated heterocycles. The van der Waals surface area contributed by atoms with E-state index in [2.05, 4.69) is 50.8 Å². The van der Waals surface area contributed by atoms with Crippen LogP contribution in [-0.4, -0.2) is 25.3 Å². The summed E-state index contributed by atoms with van der Waals surface area (Å²) >= 11 is 0. The summed E-state index contributed by atoms with van der Waals surface area (Å²) < 4.78 is 0. The lowest BCUT2D eigenvalue weighted by Crippen LogP contribution is -2.28. The Bertz CT molecular complexity index is 571. The van der Waals surface area contributed by atoms with E-state index in [4.69, 9.17) is 0 Å². The second-order valence-corrected chi connectivity index (χ2v) is 11.3. The molecule has 0 aromatic heterocycles. The molecule has 0 fully saturated rings. The van der Waals surface area contributed by atoms with E-state index < -0.39 is 8.07 Å². The zero-order valence-corrected chi connectivity index (χ0v) is 13.3. The molecule has 0 saturated carbocycles. The highest BCUT2D eigenvalue weighted by atomic mass is 28.3. The Labute approximate surface area is 116 Å². The van der Waals surface area contributed by atoms with Crippen LogP contribution in [0.2, 0.25) is 12.6 Å². The predicted molar refractivity (Wildman–Crippen MR) is 84.0 cm³/mol. The van der Waals surface area contributed by atoms with Crippen molar-refractivity contribution < 1.29 is 5.11 Å². The summed E-state index contributed by atoms with van der Waals surface area (Å²) in [6, 6.07) is 7.61. The molecule has 2 aliphatic rings. The Balaban J connectivity index is 1.97. The molecule has 1 atom stereocenters. The molecule has 0 amide bonds. The van der Waals surface area contributed by atoms with Gasteiger partial charge in [0.2, 0.25) is 0 Å². The minimum atomic E-state index is -1.37. The minimum Gasteiger partial charge on any atom is -0.397 e. The molecule has 0 radical (unpaired) electrons. The van der Waals surface area contributed by atoms with E-state index in [1.54, 1.807) is 10.4 Å². The molecular weight excluding hydrogens is 250 g/mol. The second kappa shape index (κ2) is 3.97. The maximum atomic E-state index is 9.29. The fourth-order valence-electron chi connectivity index (χ4n) is 3.43. The van der Waals surface area contributed by atoms with Crippen molar-refractivity contribution >= 4 is 19.0 Å². The topological polar surface area (TPSA) is 32.3 Å². The number of hydrogen-bond donors (Lipinski definition) is 2. The first-order valence-electron chi connectivity index (χ1n) is 7.12. The van der Waals surface area contributed by atoms with E-state index in [9.17, 15) is 5.11 Å².